The van der Waals surface area contributed by atoms with Gasteiger partial charge in [0.15, 0.2) is 0 Å². The van der Waals surface area contributed by atoms with Gasteiger partial charge in [-0.2, -0.15) is 0 Å². The van der Waals surface area contributed by atoms with Crippen molar-refractivity contribution in [2.24, 2.45) is 10.9 Å². The standard InChI is InChI=1S/C36H29BrN2O/c37-28-17-20-35(40-23-26-9-5-8-24-7-1-2-10-30(24)26)27(21-28)22-38-29-18-15-25(16-19-29)36-33-13-6-12-31(33)32-11-3-4-14-34(32)39-36/h1-12,14-22,31,33,36,39H,13,23H2/t31-,33-,36-/m0/s1. The van der Waals surface area contributed by atoms with Crippen LogP contribution in [-0.4, -0.2) is 6.21 Å². The van der Waals surface area contributed by atoms with Crippen LogP contribution in [0.25, 0.3) is 10.8 Å². The smallest absolute Gasteiger partial charge is 0.128 e. The molecule has 3 atom stereocenters. The Bertz CT molecular complexity index is 1740. The maximum Gasteiger partial charge on any atom is 0.128 e. The second kappa shape index (κ2) is 10.8. The highest BCUT2D eigenvalue weighted by Crippen LogP contribution is 2.49. The van der Waals surface area contributed by atoms with Crippen LogP contribution in [0, 0.1) is 5.92 Å². The SMILES string of the molecule is Brc1ccc(OCc2cccc3ccccc23)c(C=Nc2ccc([C@@H]3Nc4ccccc4[C@@H]4C=CC[C@@H]43)cc2)c1. The summed E-state index contributed by atoms with van der Waals surface area (Å²) in [5.74, 6) is 1.82. The number of fused-ring (bicyclic) bond motifs is 4. The normalized spacial score (nSPS) is 19.4. The van der Waals surface area contributed by atoms with Crippen molar-refractivity contribution in [1.82, 2.24) is 0 Å². The molecule has 0 bridgehead atoms. The van der Waals surface area contributed by atoms with Gasteiger partial charge in [-0.15, -0.1) is 0 Å². The summed E-state index contributed by atoms with van der Waals surface area (Å²) in [6, 6.07) is 38.4. The molecule has 0 unspecified atom stereocenters. The van der Waals surface area contributed by atoms with Crippen molar-refractivity contribution in [2.45, 2.75) is 25.0 Å². The minimum atomic E-state index is 0.284. The molecule has 0 saturated carbocycles. The first kappa shape index (κ1) is 24.9. The van der Waals surface area contributed by atoms with E-state index in [2.05, 4.69) is 124 Å². The number of aliphatic imine (C=N–C) groups is 1. The molecule has 2 aliphatic rings. The lowest BCUT2D eigenvalue weighted by Gasteiger charge is -2.37. The third-order valence-electron chi connectivity index (χ3n) is 8.11. The quantitative estimate of drug-likeness (QED) is 0.159. The first-order chi connectivity index (χ1) is 19.7. The zero-order chi connectivity index (χ0) is 26.9. The van der Waals surface area contributed by atoms with Crippen LogP contribution in [0.3, 0.4) is 0 Å². The van der Waals surface area contributed by atoms with Crippen molar-refractivity contribution >= 4 is 44.3 Å². The van der Waals surface area contributed by atoms with Gasteiger partial charge in [-0.05, 0) is 76.2 Å². The molecule has 1 N–H and O–H groups in total. The van der Waals surface area contributed by atoms with Crippen molar-refractivity contribution in [3.63, 3.8) is 0 Å². The minimum absolute atomic E-state index is 0.284. The molecule has 40 heavy (non-hydrogen) atoms. The molecule has 0 aromatic heterocycles. The zero-order valence-corrected chi connectivity index (χ0v) is 23.6. The average molecular weight is 586 g/mol. The molecule has 0 amide bonds. The summed E-state index contributed by atoms with van der Waals surface area (Å²) in [5, 5.41) is 6.25. The highest BCUT2D eigenvalue weighted by molar-refractivity contribution is 9.10. The van der Waals surface area contributed by atoms with E-state index in [0.717, 1.165) is 33.5 Å². The van der Waals surface area contributed by atoms with Crippen LogP contribution in [0.1, 0.15) is 40.6 Å². The number of allylic oxidation sites excluding steroid dienone is 2. The van der Waals surface area contributed by atoms with E-state index in [1.807, 2.05) is 24.4 Å². The van der Waals surface area contributed by atoms with E-state index >= 15 is 0 Å². The summed E-state index contributed by atoms with van der Waals surface area (Å²) in [7, 11) is 0. The Labute approximate surface area is 243 Å². The average Bonchev–Trinajstić information content (AvgIpc) is 3.50. The topological polar surface area (TPSA) is 33.6 Å². The number of nitrogens with one attached hydrogen (secondary N) is 1. The largest absolute Gasteiger partial charge is 0.488 e. The Balaban J connectivity index is 1.09. The van der Waals surface area contributed by atoms with Crippen LogP contribution in [-0.2, 0) is 6.61 Å². The number of hydrogen-bond acceptors (Lipinski definition) is 3. The van der Waals surface area contributed by atoms with Gasteiger partial charge in [0, 0.05) is 27.9 Å². The van der Waals surface area contributed by atoms with Crippen molar-refractivity contribution in [2.75, 3.05) is 5.32 Å². The molecule has 1 aliphatic heterocycles. The van der Waals surface area contributed by atoms with E-state index in [9.17, 15) is 0 Å². The van der Waals surface area contributed by atoms with Crippen molar-refractivity contribution in [1.29, 1.82) is 0 Å². The Morgan fingerprint density at radius 1 is 0.875 bits per heavy atom. The van der Waals surface area contributed by atoms with Crippen LogP contribution in [0.15, 0.2) is 131 Å². The van der Waals surface area contributed by atoms with Gasteiger partial charge >= 0.3 is 0 Å². The van der Waals surface area contributed by atoms with Crippen LogP contribution in [0.2, 0.25) is 0 Å². The van der Waals surface area contributed by atoms with E-state index in [0.29, 0.717) is 18.4 Å². The predicted molar refractivity (Wildman–Crippen MR) is 169 cm³/mol. The van der Waals surface area contributed by atoms with Gasteiger partial charge in [0.25, 0.3) is 0 Å². The summed E-state index contributed by atoms with van der Waals surface area (Å²) in [6.45, 7) is 0.493. The molecular weight excluding hydrogens is 556 g/mol. The molecule has 0 saturated heterocycles. The summed E-state index contributed by atoms with van der Waals surface area (Å²) in [4.78, 5) is 4.81. The molecule has 0 spiro atoms. The van der Waals surface area contributed by atoms with Crippen LogP contribution >= 0.6 is 15.9 Å². The predicted octanol–water partition coefficient (Wildman–Crippen LogP) is 9.76. The molecule has 0 fully saturated rings. The molecule has 5 aromatic rings. The summed E-state index contributed by atoms with van der Waals surface area (Å²) in [6.07, 6.45) is 7.71. The van der Waals surface area contributed by atoms with Crippen molar-refractivity contribution in [3.05, 3.63) is 148 Å². The number of ether oxygens (including phenoxy) is 1. The summed E-state index contributed by atoms with van der Waals surface area (Å²) in [5.41, 5.74) is 6.97. The van der Waals surface area contributed by atoms with E-state index in [4.69, 9.17) is 9.73 Å². The lowest BCUT2D eigenvalue weighted by molar-refractivity contribution is 0.307. The van der Waals surface area contributed by atoms with Crippen LogP contribution in [0.5, 0.6) is 5.75 Å². The van der Waals surface area contributed by atoms with Gasteiger partial charge in [-0.1, -0.05) is 101 Å². The number of benzene rings is 5. The maximum absolute atomic E-state index is 6.32. The second-order valence-corrected chi connectivity index (χ2v) is 11.4. The zero-order valence-electron chi connectivity index (χ0n) is 22.0. The van der Waals surface area contributed by atoms with Crippen molar-refractivity contribution < 1.29 is 4.74 Å². The van der Waals surface area contributed by atoms with E-state index in [-0.39, 0.29) is 6.04 Å². The number of rotatable bonds is 6. The number of nitrogens with zero attached hydrogens (tertiary/aromatic N) is 1. The number of anilines is 1. The Kier molecular flexibility index (Phi) is 6.70. The van der Waals surface area contributed by atoms with Crippen molar-refractivity contribution in [3.8, 4) is 5.75 Å². The van der Waals surface area contributed by atoms with E-state index in [1.54, 1.807) is 0 Å². The monoisotopic (exact) mass is 584 g/mol. The third kappa shape index (κ3) is 4.84. The minimum Gasteiger partial charge on any atom is -0.488 e. The number of hydrogen-bond donors (Lipinski definition) is 1. The molecular formula is C36H29BrN2O. The lowest BCUT2D eigenvalue weighted by Crippen LogP contribution is -2.28. The van der Waals surface area contributed by atoms with Crippen LogP contribution in [0.4, 0.5) is 11.4 Å². The van der Waals surface area contributed by atoms with Gasteiger partial charge in [0.1, 0.15) is 12.4 Å². The van der Waals surface area contributed by atoms with E-state index < -0.39 is 0 Å². The molecule has 0 radical (unpaired) electrons. The molecule has 1 aliphatic carbocycles. The fourth-order valence-corrected chi connectivity index (χ4v) is 6.49. The van der Waals surface area contributed by atoms with Gasteiger partial charge in [-0.3, -0.25) is 4.99 Å². The lowest BCUT2D eigenvalue weighted by atomic mass is 9.77. The molecule has 1 heterocycles. The number of halogens is 1. The number of para-hydroxylation sites is 1. The first-order valence-electron chi connectivity index (χ1n) is 13.8. The summed E-state index contributed by atoms with van der Waals surface area (Å²) >= 11 is 3.61. The van der Waals surface area contributed by atoms with Gasteiger partial charge < -0.3 is 10.1 Å². The third-order valence-corrected chi connectivity index (χ3v) is 8.61. The second-order valence-electron chi connectivity index (χ2n) is 10.5. The Hall–Kier alpha value is -4.15. The molecule has 7 rings (SSSR count). The van der Waals surface area contributed by atoms with Crippen LogP contribution < -0.4 is 10.1 Å². The Morgan fingerprint density at radius 3 is 2.62 bits per heavy atom. The molecule has 196 valence electrons. The van der Waals surface area contributed by atoms with Gasteiger partial charge in [0.05, 0.1) is 11.7 Å². The summed E-state index contributed by atoms with van der Waals surface area (Å²) < 4.78 is 7.31. The fourth-order valence-electron chi connectivity index (χ4n) is 6.11. The Morgan fingerprint density at radius 2 is 1.70 bits per heavy atom. The highest BCUT2D eigenvalue weighted by Gasteiger charge is 2.37. The van der Waals surface area contributed by atoms with E-state index in [1.165, 1.54) is 27.6 Å². The molecule has 5 aromatic carbocycles. The first-order valence-corrected chi connectivity index (χ1v) is 14.6. The maximum atomic E-state index is 6.32. The van der Waals surface area contributed by atoms with Gasteiger partial charge in [-0.25, -0.2) is 0 Å². The van der Waals surface area contributed by atoms with Gasteiger partial charge in [0.2, 0.25) is 0 Å². The molecule has 4 heteroatoms. The highest BCUT2D eigenvalue weighted by atomic mass is 79.9. The fraction of sp³-hybridized carbons (Fsp3) is 0.139. The molecule has 3 nitrogen and oxygen atoms in total.